The van der Waals surface area contributed by atoms with E-state index in [0.29, 0.717) is 35.6 Å². The van der Waals surface area contributed by atoms with Crippen LogP contribution in [0.1, 0.15) is 47.7 Å². The minimum Gasteiger partial charge on any atom is -0.480 e. The largest absolute Gasteiger partial charge is 0.574 e. The number of alkyl halides is 3. The van der Waals surface area contributed by atoms with Gasteiger partial charge in [0.15, 0.2) is 6.10 Å². The van der Waals surface area contributed by atoms with Crippen LogP contribution in [0.4, 0.5) is 13.2 Å². The maximum atomic E-state index is 12.8. The van der Waals surface area contributed by atoms with Gasteiger partial charge in [-0.15, -0.1) is 13.2 Å². The van der Waals surface area contributed by atoms with Crippen LogP contribution < -0.4 is 20.1 Å². The molecule has 6 rings (SSSR count). The highest BCUT2D eigenvalue weighted by Gasteiger charge is 2.69. The van der Waals surface area contributed by atoms with Gasteiger partial charge in [0.05, 0.1) is 11.7 Å². The summed E-state index contributed by atoms with van der Waals surface area (Å²) in [6.07, 6.45) is -3.94. The van der Waals surface area contributed by atoms with Crippen molar-refractivity contribution < 1.29 is 37.3 Å². The van der Waals surface area contributed by atoms with Gasteiger partial charge in [-0.05, 0) is 43.5 Å². The molecule has 2 bridgehead atoms. The molecule has 1 aromatic heterocycles. The van der Waals surface area contributed by atoms with Gasteiger partial charge < -0.3 is 25.2 Å². The van der Waals surface area contributed by atoms with Gasteiger partial charge in [0.2, 0.25) is 5.88 Å². The molecule has 1 aromatic carbocycles. The van der Waals surface area contributed by atoms with Gasteiger partial charge >= 0.3 is 6.36 Å². The lowest BCUT2D eigenvalue weighted by Gasteiger charge is -2.70. The summed E-state index contributed by atoms with van der Waals surface area (Å²) in [6.45, 7) is 0. The molecule has 34 heavy (non-hydrogen) atoms. The Morgan fingerprint density at radius 1 is 1.15 bits per heavy atom. The zero-order valence-electron chi connectivity index (χ0n) is 17.5. The Morgan fingerprint density at radius 3 is 2.50 bits per heavy atom. The first-order valence-corrected chi connectivity index (χ1v) is 10.8. The number of aliphatic hydroxyl groups is 1. The van der Waals surface area contributed by atoms with E-state index in [2.05, 4.69) is 20.4 Å². The second kappa shape index (κ2) is 7.74. The van der Waals surface area contributed by atoms with Crippen LogP contribution >= 0.6 is 11.6 Å². The number of halogens is 4. The molecular weight excluding hydrogens is 479 g/mol. The van der Waals surface area contributed by atoms with E-state index in [1.165, 1.54) is 6.07 Å². The Labute approximate surface area is 196 Å². The molecule has 3 saturated carbocycles. The van der Waals surface area contributed by atoms with Gasteiger partial charge in [-0.25, -0.2) is 4.98 Å². The molecule has 0 spiro atoms. The first kappa shape index (κ1) is 22.7. The van der Waals surface area contributed by atoms with Crippen LogP contribution in [0.2, 0.25) is 5.02 Å². The molecule has 4 aliphatic rings. The number of amides is 2. The van der Waals surface area contributed by atoms with Crippen LogP contribution in [0, 0.1) is 0 Å². The van der Waals surface area contributed by atoms with Gasteiger partial charge in [0.1, 0.15) is 5.75 Å². The summed E-state index contributed by atoms with van der Waals surface area (Å²) in [7, 11) is 0. The maximum absolute atomic E-state index is 12.8. The number of aromatic nitrogens is 1. The number of hydrogen-bond acceptors (Lipinski definition) is 6. The lowest BCUT2D eigenvalue weighted by molar-refractivity contribution is -0.276. The zero-order chi connectivity index (χ0) is 24.3. The molecule has 1 aliphatic heterocycles. The third kappa shape index (κ3) is 4.25. The second-order valence-corrected chi connectivity index (χ2v) is 9.44. The Balaban J connectivity index is 1.13. The summed E-state index contributed by atoms with van der Waals surface area (Å²) in [4.78, 5) is 28.7. The fourth-order valence-corrected chi connectivity index (χ4v) is 5.16. The minimum atomic E-state index is -4.86. The van der Waals surface area contributed by atoms with Crippen LogP contribution in [0.25, 0.3) is 0 Å². The smallest absolute Gasteiger partial charge is 0.480 e. The van der Waals surface area contributed by atoms with Gasteiger partial charge in [-0.1, -0.05) is 11.6 Å². The van der Waals surface area contributed by atoms with Crippen molar-refractivity contribution >= 4 is 23.4 Å². The van der Waals surface area contributed by atoms with Crippen molar-refractivity contribution in [2.75, 3.05) is 0 Å². The summed E-state index contributed by atoms with van der Waals surface area (Å²) >= 11 is 5.95. The molecule has 0 radical (unpaired) electrons. The number of fused-ring (bicyclic) bond motifs is 1. The predicted octanol–water partition coefficient (Wildman–Crippen LogP) is 3.04. The fourth-order valence-electron chi connectivity index (χ4n) is 4.98. The Kier molecular flexibility index (Phi) is 5.17. The first-order chi connectivity index (χ1) is 15.9. The van der Waals surface area contributed by atoms with Crippen molar-refractivity contribution in [1.29, 1.82) is 0 Å². The van der Waals surface area contributed by atoms with E-state index in [1.807, 2.05) is 0 Å². The molecule has 2 atom stereocenters. The SMILES string of the molecule is O=C(NC12CC(NC(=O)[C@H]3C[C@@H](O)c4cc(Cl)ccc4O3)(C1)C2)c1ccc(OC(F)(F)F)nc1. The van der Waals surface area contributed by atoms with E-state index in [-0.39, 0.29) is 17.9 Å². The normalized spacial score (nSPS) is 29.0. The molecule has 2 amide bonds. The second-order valence-electron chi connectivity index (χ2n) is 9.01. The molecule has 0 unspecified atom stereocenters. The molecule has 0 saturated heterocycles. The molecule has 2 heterocycles. The van der Waals surface area contributed by atoms with Crippen molar-refractivity contribution in [3.05, 3.63) is 52.7 Å². The van der Waals surface area contributed by atoms with Crippen LogP contribution in [0.15, 0.2) is 36.5 Å². The van der Waals surface area contributed by atoms with E-state index in [0.717, 1.165) is 12.3 Å². The monoisotopic (exact) mass is 497 g/mol. The van der Waals surface area contributed by atoms with Gasteiger partial charge in [-0.2, -0.15) is 0 Å². The number of aliphatic hydroxyl groups excluding tert-OH is 1. The van der Waals surface area contributed by atoms with Crippen molar-refractivity contribution in [3.63, 3.8) is 0 Å². The third-order valence-electron chi connectivity index (χ3n) is 6.35. The molecule has 8 nitrogen and oxygen atoms in total. The molecular formula is C22H19ClF3N3O5. The van der Waals surface area contributed by atoms with Gasteiger partial charge in [0, 0.05) is 40.3 Å². The van der Waals surface area contributed by atoms with E-state index < -0.39 is 41.4 Å². The molecule has 2 aromatic rings. The quantitative estimate of drug-likeness (QED) is 0.586. The van der Waals surface area contributed by atoms with Crippen molar-refractivity contribution in [3.8, 4) is 11.6 Å². The highest BCUT2D eigenvalue weighted by molar-refractivity contribution is 6.30. The van der Waals surface area contributed by atoms with E-state index in [9.17, 15) is 27.9 Å². The van der Waals surface area contributed by atoms with Crippen molar-refractivity contribution in [1.82, 2.24) is 15.6 Å². The number of carbonyl (C=O) groups is 2. The first-order valence-electron chi connectivity index (χ1n) is 10.5. The minimum absolute atomic E-state index is 0.0954. The molecule has 3 fully saturated rings. The van der Waals surface area contributed by atoms with Crippen LogP contribution in [-0.2, 0) is 4.79 Å². The van der Waals surface area contributed by atoms with Gasteiger partial charge in [-0.3, -0.25) is 9.59 Å². The van der Waals surface area contributed by atoms with E-state index >= 15 is 0 Å². The number of hydrogen-bond donors (Lipinski definition) is 3. The topological polar surface area (TPSA) is 110 Å². The van der Waals surface area contributed by atoms with E-state index in [1.54, 1.807) is 18.2 Å². The summed E-state index contributed by atoms with van der Waals surface area (Å²) in [6, 6.07) is 7.01. The molecule has 3 N–H and O–H groups in total. The van der Waals surface area contributed by atoms with Crippen LogP contribution in [0.3, 0.4) is 0 Å². The molecule has 180 valence electrons. The lowest BCUT2D eigenvalue weighted by atomic mass is 9.44. The summed E-state index contributed by atoms with van der Waals surface area (Å²) < 4.78 is 46.1. The number of rotatable bonds is 5. The number of benzene rings is 1. The summed E-state index contributed by atoms with van der Waals surface area (Å²) in [5.74, 6) is -1.06. The average Bonchev–Trinajstić information content (AvgIpc) is 2.70. The Hall–Kier alpha value is -3.05. The van der Waals surface area contributed by atoms with Crippen molar-refractivity contribution in [2.24, 2.45) is 0 Å². The maximum Gasteiger partial charge on any atom is 0.574 e. The van der Waals surface area contributed by atoms with E-state index in [4.69, 9.17) is 16.3 Å². The Morgan fingerprint density at radius 2 is 1.85 bits per heavy atom. The average molecular weight is 498 g/mol. The third-order valence-corrected chi connectivity index (χ3v) is 6.58. The highest BCUT2D eigenvalue weighted by atomic mass is 35.5. The number of carbonyl (C=O) groups excluding carboxylic acids is 2. The Bertz CT molecular complexity index is 1140. The van der Waals surface area contributed by atoms with Crippen LogP contribution in [-0.4, -0.2) is 45.4 Å². The summed E-state index contributed by atoms with van der Waals surface area (Å²) in [5.41, 5.74) is -0.305. The number of nitrogens with zero attached hydrogens (tertiary/aromatic N) is 1. The zero-order valence-corrected chi connectivity index (χ0v) is 18.2. The number of nitrogens with one attached hydrogen (secondary N) is 2. The lowest BCUT2D eigenvalue weighted by Crippen LogP contribution is -2.84. The molecule has 3 aliphatic carbocycles. The van der Waals surface area contributed by atoms with Gasteiger partial charge in [0.25, 0.3) is 11.8 Å². The van der Waals surface area contributed by atoms with Crippen molar-refractivity contribution in [2.45, 2.75) is 55.3 Å². The summed E-state index contributed by atoms with van der Waals surface area (Å²) in [5, 5.41) is 16.7. The number of ether oxygens (including phenoxy) is 2. The standard InChI is InChI=1S/C22H19ClF3N3O5/c23-12-2-3-15-13(5-12)14(30)6-16(33-15)19(32)29-21-8-20(9-21,10-21)28-18(31)11-1-4-17(27-7-11)34-22(24,25)26/h1-5,7,14,16,30H,6,8-10H2,(H,28,31)(H,29,32)/t14-,16-,20?,21?/m1/s1. The predicted molar refractivity (Wildman–Crippen MR) is 111 cm³/mol. The fraction of sp³-hybridized carbons (Fsp3) is 0.409. The highest BCUT2D eigenvalue weighted by Crippen LogP contribution is 2.60. The van der Waals surface area contributed by atoms with Crippen LogP contribution in [0.5, 0.6) is 11.6 Å². The molecule has 12 heteroatoms. The number of pyridine rings is 1.